The number of carbonyl (C=O) groups excluding carboxylic acids is 1. The molecule has 0 aromatic heterocycles. The molecule has 1 aliphatic rings. The van der Waals surface area contributed by atoms with Crippen molar-refractivity contribution in [2.45, 2.75) is 37.3 Å². The number of hydrogen-bond donors (Lipinski definition) is 2. The lowest BCUT2D eigenvalue weighted by Gasteiger charge is -2.30. The zero-order valence-corrected chi connectivity index (χ0v) is 11.4. The minimum Gasteiger partial charge on any atom is -0.388 e. The lowest BCUT2D eigenvalue weighted by atomic mass is 10.0. The van der Waals surface area contributed by atoms with Crippen LogP contribution in [0.2, 0.25) is 0 Å². The number of rotatable bonds is 4. The summed E-state index contributed by atoms with van der Waals surface area (Å²) in [6.45, 7) is 0.367. The second kappa shape index (κ2) is 5.72. The predicted octanol–water partition coefficient (Wildman–Crippen LogP) is 1.45. The van der Waals surface area contributed by atoms with E-state index in [2.05, 4.69) is 0 Å². The Morgan fingerprint density at radius 2 is 1.95 bits per heavy atom. The Kier molecular flexibility index (Phi) is 4.22. The quantitative estimate of drug-likeness (QED) is 0.863. The third-order valence-corrected chi connectivity index (χ3v) is 3.87. The van der Waals surface area contributed by atoms with E-state index in [0.717, 1.165) is 31.2 Å². The highest BCUT2D eigenvalue weighted by Crippen LogP contribution is 2.30. The maximum absolute atomic E-state index is 12.3. The minimum atomic E-state index is -0.721. The van der Waals surface area contributed by atoms with Gasteiger partial charge in [0.25, 0.3) is 0 Å². The number of nitrogens with zero attached hydrogens (tertiary/aromatic N) is 1. The summed E-state index contributed by atoms with van der Waals surface area (Å²) in [5, 5.41) is 10.3. The summed E-state index contributed by atoms with van der Waals surface area (Å²) in [6.07, 6.45) is 3.60. The fourth-order valence-electron chi connectivity index (χ4n) is 2.75. The van der Waals surface area contributed by atoms with Crippen molar-refractivity contribution in [3.8, 4) is 0 Å². The van der Waals surface area contributed by atoms with Crippen LogP contribution >= 0.6 is 0 Å². The zero-order chi connectivity index (χ0) is 13.9. The number of amides is 1. The summed E-state index contributed by atoms with van der Waals surface area (Å²) in [5.74, 6) is -0.147. The van der Waals surface area contributed by atoms with Crippen LogP contribution in [0.5, 0.6) is 0 Å². The van der Waals surface area contributed by atoms with Gasteiger partial charge in [0, 0.05) is 13.6 Å². The van der Waals surface area contributed by atoms with Gasteiger partial charge < -0.3 is 15.7 Å². The molecule has 0 saturated heterocycles. The van der Waals surface area contributed by atoms with Crippen molar-refractivity contribution in [2.24, 2.45) is 5.73 Å². The maximum atomic E-state index is 12.3. The summed E-state index contributed by atoms with van der Waals surface area (Å²) in [6, 6.07) is 8.67. The van der Waals surface area contributed by atoms with Crippen molar-refractivity contribution in [1.82, 2.24) is 4.90 Å². The first-order chi connectivity index (χ1) is 9.02. The summed E-state index contributed by atoms with van der Waals surface area (Å²) >= 11 is 0. The van der Waals surface area contributed by atoms with Gasteiger partial charge in [0.15, 0.2) is 0 Å². The number of hydrogen-bond acceptors (Lipinski definition) is 3. The first-order valence-corrected chi connectivity index (χ1v) is 6.80. The summed E-state index contributed by atoms with van der Waals surface area (Å²) < 4.78 is 0. The molecule has 1 aromatic rings. The van der Waals surface area contributed by atoms with Crippen LogP contribution in [0.1, 0.15) is 37.3 Å². The molecular weight excluding hydrogens is 240 g/mol. The second-order valence-electron chi connectivity index (χ2n) is 5.51. The van der Waals surface area contributed by atoms with Gasteiger partial charge >= 0.3 is 0 Å². The number of nitrogens with two attached hydrogens (primary N) is 1. The molecular formula is C15H22N2O2. The Hall–Kier alpha value is -1.39. The first kappa shape index (κ1) is 14.0. The zero-order valence-electron chi connectivity index (χ0n) is 11.4. The molecule has 0 heterocycles. The molecule has 1 saturated carbocycles. The first-order valence-electron chi connectivity index (χ1n) is 6.80. The van der Waals surface area contributed by atoms with Gasteiger partial charge in [0.1, 0.15) is 6.04 Å². The standard InChI is InChI=1S/C15H22N2O2/c1-17(11-15(19)9-5-6-10-15)14(18)13(16)12-7-3-2-4-8-12/h2-4,7-8,13,19H,5-6,9-11,16H2,1H3/t13-/m1/s1. The van der Waals surface area contributed by atoms with E-state index in [4.69, 9.17) is 5.73 Å². The third kappa shape index (κ3) is 3.33. The fraction of sp³-hybridized carbons (Fsp3) is 0.533. The molecule has 1 aliphatic carbocycles. The molecule has 1 fully saturated rings. The molecule has 4 heteroatoms. The molecule has 1 atom stereocenters. The van der Waals surface area contributed by atoms with Gasteiger partial charge in [0.05, 0.1) is 5.60 Å². The highest BCUT2D eigenvalue weighted by atomic mass is 16.3. The van der Waals surface area contributed by atoms with E-state index < -0.39 is 11.6 Å². The van der Waals surface area contributed by atoms with Crippen molar-refractivity contribution in [3.63, 3.8) is 0 Å². The molecule has 0 radical (unpaired) electrons. The van der Waals surface area contributed by atoms with E-state index >= 15 is 0 Å². The average Bonchev–Trinajstić information content (AvgIpc) is 2.84. The average molecular weight is 262 g/mol. The van der Waals surface area contributed by atoms with Crippen molar-refractivity contribution in [2.75, 3.05) is 13.6 Å². The van der Waals surface area contributed by atoms with Crippen molar-refractivity contribution in [1.29, 1.82) is 0 Å². The van der Waals surface area contributed by atoms with Gasteiger partial charge in [-0.1, -0.05) is 43.2 Å². The Labute approximate surface area is 114 Å². The SMILES string of the molecule is CN(CC1(O)CCCC1)C(=O)[C@H](N)c1ccccc1. The van der Waals surface area contributed by atoms with Crippen LogP contribution in [0.15, 0.2) is 30.3 Å². The predicted molar refractivity (Wildman–Crippen MR) is 74.4 cm³/mol. The molecule has 2 rings (SSSR count). The molecule has 4 nitrogen and oxygen atoms in total. The molecule has 3 N–H and O–H groups in total. The molecule has 104 valence electrons. The van der Waals surface area contributed by atoms with Gasteiger partial charge in [0.2, 0.25) is 5.91 Å². The number of carbonyl (C=O) groups is 1. The van der Waals surface area contributed by atoms with Gasteiger partial charge in [-0.3, -0.25) is 4.79 Å². The topological polar surface area (TPSA) is 66.6 Å². The molecule has 0 unspecified atom stereocenters. The van der Waals surface area contributed by atoms with E-state index in [1.54, 1.807) is 11.9 Å². The van der Waals surface area contributed by atoms with E-state index in [0.29, 0.717) is 6.54 Å². The van der Waals surface area contributed by atoms with Gasteiger partial charge in [-0.15, -0.1) is 0 Å². The van der Waals surface area contributed by atoms with Gasteiger partial charge in [-0.05, 0) is 18.4 Å². The lowest BCUT2D eigenvalue weighted by molar-refractivity contribution is -0.134. The van der Waals surface area contributed by atoms with Crippen LogP contribution in [0, 0.1) is 0 Å². The third-order valence-electron chi connectivity index (χ3n) is 3.87. The highest BCUT2D eigenvalue weighted by molar-refractivity contribution is 5.82. The number of likely N-dealkylation sites (N-methyl/N-ethyl adjacent to an activating group) is 1. The molecule has 19 heavy (non-hydrogen) atoms. The van der Waals surface area contributed by atoms with Crippen LogP contribution in [0.4, 0.5) is 0 Å². The van der Waals surface area contributed by atoms with Crippen molar-refractivity contribution < 1.29 is 9.90 Å². The lowest BCUT2D eigenvalue weighted by Crippen LogP contribution is -2.45. The van der Waals surface area contributed by atoms with Crippen molar-refractivity contribution >= 4 is 5.91 Å². The van der Waals surface area contributed by atoms with E-state index in [9.17, 15) is 9.90 Å². The minimum absolute atomic E-state index is 0.147. The monoisotopic (exact) mass is 262 g/mol. The smallest absolute Gasteiger partial charge is 0.243 e. The Morgan fingerprint density at radius 3 is 2.53 bits per heavy atom. The molecule has 0 bridgehead atoms. The summed E-state index contributed by atoms with van der Waals surface area (Å²) in [5.41, 5.74) is 6.07. The second-order valence-corrected chi connectivity index (χ2v) is 5.51. The molecule has 1 amide bonds. The van der Waals surface area contributed by atoms with Gasteiger partial charge in [-0.25, -0.2) is 0 Å². The highest BCUT2D eigenvalue weighted by Gasteiger charge is 2.34. The van der Waals surface area contributed by atoms with Crippen LogP contribution < -0.4 is 5.73 Å². The summed E-state index contributed by atoms with van der Waals surface area (Å²) in [4.78, 5) is 13.8. The Bertz CT molecular complexity index is 427. The largest absolute Gasteiger partial charge is 0.388 e. The van der Waals surface area contributed by atoms with Crippen LogP contribution in [0.25, 0.3) is 0 Å². The fourth-order valence-corrected chi connectivity index (χ4v) is 2.75. The Balaban J connectivity index is 1.99. The van der Waals surface area contributed by atoms with Crippen LogP contribution in [-0.2, 0) is 4.79 Å². The van der Waals surface area contributed by atoms with Crippen LogP contribution in [0.3, 0.4) is 0 Å². The molecule has 1 aromatic carbocycles. The summed E-state index contributed by atoms with van der Waals surface area (Å²) in [7, 11) is 1.71. The normalized spacial score (nSPS) is 19.1. The molecule has 0 spiro atoms. The van der Waals surface area contributed by atoms with Crippen LogP contribution in [-0.4, -0.2) is 35.1 Å². The Morgan fingerprint density at radius 1 is 1.37 bits per heavy atom. The molecule has 0 aliphatic heterocycles. The van der Waals surface area contributed by atoms with Gasteiger partial charge in [-0.2, -0.15) is 0 Å². The number of benzene rings is 1. The van der Waals surface area contributed by atoms with Crippen molar-refractivity contribution in [3.05, 3.63) is 35.9 Å². The van der Waals surface area contributed by atoms with E-state index in [-0.39, 0.29) is 5.91 Å². The van der Waals surface area contributed by atoms with E-state index in [1.165, 1.54) is 0 Å². The number of aliphatic hydroxyl groups is 1. The maximum Gasteiger partial charge on any atom is 0.243 e. The van der Waals surface area contributed by atoms with E-state index in [1.807, 2.05) is 30.3 Å².